The van der Waals surface area contributed by atoms with Crippen LogP contribution >= 0.6 is 19.3 Å². The Morgan fingerprint density at radius 1 is 1.36 bits per heavy atom. The van der Waals surface area contributed by atoms with Crippen LogP contribution in [0.5, 0.6) is 0 Å². The predicted molar refractivity (Wildman–Crippen MR) is 56.6 cm³/mol. The largest absolute Gasteiger partial charge is 0.346 e. The molecule has 0 saturated carbocycles. The molecule has 0 aromatic rings. The third-order valence-corrected chi connectivity index (χ3v) is 5.73. The van der Waals surface area contributed by atoms with E-state index in [1.807, 2.05) is 9.34 Å². The lowest BCUT2D eigenvalue weighted by Crippen LogP contribution is -2.12. The quantitative estimate of drug-likeness (QED) is 0.415. The van der Waals surface area contributed by atoms with E-state index >= 15 is 0 Å². The van der Waals surface area contributed by atoms with E-state index in [0.717, 1.165) is 13.1 Å². The molecule has 0 aromatic carbocycles. The van der Waals surface area contributed by atoms with Crippen LogP contribution < -0.4 is 0 Å². The molecule has 6 heteroatoms. The molecule has 0 spiro atoms. The second kappa shape index (κ2) is 3.76. The molecule has 2 fully saturated rings. The van der Waals surface area contributed by atoms with Crippen molar-refractivity contribution in [3.05, 3.63) is 0 Å². The Bertz CT molecular complexity index is 256. The SMILES string of the molecule is C[C@@H]1CN1P(=O)(OCCCl)N1C[C@H]1C. The zero-order valence-electron chi connectivity index (χ0n) is 8.52. The minimum atomic E-state index is -2.69. The molecule has 2 aliphatic heterocycles. The summed E-state index contributed by atoms with van der Waals surface area (Å²) in [5.74, 6) is 0.397. The number of nitrogens with zero attached hydrogens (tertiary/aromatic N) is 2. The van der Waals surface area contributed by atoms with E-state index in [4.69, 9.17) is 16.1 Å². The number of hydrogen-bond donors (Lipinski definition) is 0. The van der Waals surface area contributed by atoms with E-state index in [1.54, 1.807) is 0 Å². The summed E-state index contributed by atoms with van der Waals surface area (Å²) in [6.45, 7) is 6.24. The number of alkyl halides is 1. The molecule has 0 aliphatic carbocycles. The van der Waals surface area contributed by atoms with E-state index in [0.29, 0.717) is 24.6 Å². The zero-order chi connectivity index (χ0) is 10.3. The van der Waals surface area contributed by atoms with Gasteiger partial charge in [0.15, 0.2) is 0 Å². The van der Waals surface area contributed by atoms with Crippen molar-refractivity contribution in [3.8, 4) is 0 Å². The van der Waals surface area contributed by atoms with Crippen LogP contribution in [0.3, 0.4) is 0 Å². The summed E-state index contributed by atoms with van der Waals surface area (Å²) in [6.07, 6.45) is 0. The second-order valence-electron chi connectivity index (χ2n) is 3.95. The molecule has 4 atom stereocenters. The van der Waals surface area contributed by atoms with Gasteiger partial charge in [0.05, 0.1) is 6.61 Å². The lowest BCUT2D eigenvalue weighted by atomic mass is 10.6. The average molecular weight is 239 g/mol. The standard InChI is InChI=1S/C8H16ClN2O2P/c1-7-5-10(7)14(12,13-4-3-9)11-6-8(11)2/h7-8H,3-6H2,1-2H3/t7-,8-,10?,11?,14?/m1/s1. The second-order valence-corrected chi connectivity index (χ2v) is 6.60. The summed E-state index contributed by atoms with van der Waals surface area (Å²) in [4.78, 5) is 0. The Morgan fingerprint density at radius 2 is 1.79 bits per heavy atom. The molecule has 0 amide bonds. The summed E-state index contributed by atoms with van der Waals surface area (Å²) in [5, 5.41) is 0. The fraction of sp³-hybridized carbons (Fsp3) is 1.00. The molecule has 2 rings (SSSR count). The number of hydrogen-bond acceptors (Lipinski definition) is 2. The van der Waals surface area contributed by atoms with Crippen molar-refractivity contribution in [3.63, 3.8) is 0 Å². The minimum Gasteiger partial charge on any atom is -0.305 e. The van der Waals surface area contributed by atoms with Gasteiger partial charge in [-0.2, -0.15) is 0 Å². The molecular formula is C8H16ClN2O2P. The average Bonchev–Trinajstić information content (AvgIpc) is 3.01. The van der Waals surface area contributed by atoms with Crippen molar-refractivity contribution in [1.29, 1.82) is 0 Å². The van der Waals surface area contributed by atoms with Crippen molar-refractivity contribution in [1.82, 2.24) is 9.34 Å². The molecular weight excluding hydrogens is 223 g/mol. The van der Waals surface area contributed by atoms with Gasteiger partial charge in [0.2, 0.25) is 0 Å². The Labute approximate surface area is 89.7 Å². The maximum Gasteiger partial charge on any atom is 0.346 e. The van der Waals surface area contributed by atoms with Gasteiger partial charge in [-0.25, -0.2) is 9.34 Å². The van der Waals surface area contributed by atoms with E-state index in [9.17, 15) is 4.57 Å². The molecule has 2 heterocycles. The fourth-order valence-electron chi connectivity index (χ4n) is 1.60. The van der Waals surface area contributed by atoms with Crippen LogP contribution in [0.15, 0.2) is 0 Å². The number of halogens is 1. The third kappa shape index (κ3) is 1.86. The van der Waals surface area contributed by atoms with Crippen molar-refractivity contribution in [2.45, 2.75) is 25.9 Å². The molecule has 0 bridgehead atoms. The van der Waals surface area contributed by atoms with E-state index in [2.05, 4.69) is 13.8 Å². The van der Waals surface area contributed by atoms with Crippen molar-refractivity contribution >= 4 is 19.3 Å². The van der Waals surface area contributed by atoms with Crippen LogP contribution in [0.1, 0.15) is 13.8 Å². The summed E-state index contributed by atoms with van der Waals surface area (Å²) >= 11 is 5.55. The molecule has 2 unspecified atom stereocenters. The zero-order valence-corrected chi connectivity index (χ0v) is 10.2. The smallest absolute Gasteiger partial charge is 0.305 e. The third-order valence-electron chi connectivity index (χ3n) is 2.64. The Balaban J connectivity index is 2.01. The summed E-state index contributed by atoms with van der Waals surface area (Å²) in [5.41, 5.74) is 0. The van der Waals surface area contributed by atoms with Crippen LogP contribution in [0.2, 0.25) is 0 Å². The van der Waals surface area contributed by atoms with Crippen LogP contribution in [-0.4, -0.2) is 47.0 Å². The van der Waals surface area contributed by atoms with Crippen LogP contribution in [0.25, 0.3) is 0 Å². The van der Waals surface area contributed by atoms with Crippen molar-refractivity contribution < 1.29 is 9.09 Å². The van der Waals surface area contributed by atoms with Crippen LogP contribution in [-0.2, 0) is 9.09 Å². The first-order valence-electron chi connectivity index (χ1n) is 4.94. The van der Waals surface area contributed by atoms with Crippen LogP contribution in [0, 0.1) is 0 Å². The van der Waals surface area contributed by atoms with Gasteiger partial charge < -0.3 is 4.52 Å². The monoisotopic (exact) mass is 238 g/mol. The molecule has 2 aliphatic rings. The van der Waals surface area contributed by atoms with Gasteiger partial charge in [0.1, 0.15) is 0 Å². The highest BCUT2D eigenvalue weighted by atomic mass is 35.5. The maximum absolute atomic E-state index is 12.5. The van der Waals surface area contributed by atoms with Gasteiger partial charge >= 0.3 is 7.67 Å². The highest BCUT2D eigenvalue weighted by Crippen LogP contribution is 2.64. The molecule has 0 radical (unpaired) electrons. The Hall–Kier alpha value is 0.400. The van der Waals surface area contributed by atoms with Gasteiger partial charge in [-0.15, -0.1) is 11.6 Å². The first kappa shape index (κ1) is 10.9. The van der Waals surface area contributed by atoms with E-state index < -0.39 is 7.67 Å². The molecule has 82 valence electrons. The molecule has 14 heavy (non-hydrogen) atoms. The van der Waals surface area contributed by atoms with E-state index in [-0.39, 0.29) is 0 Å². The molecule has 0 N–H and O–H groups in total. The van der Waals surface area contributed by atoms with Gasteiger partial charge in [-0.05, 0) is 13.8 Å². The first-order valence-corrected chi connectivity index (χ1v) is 7.01. The van der Waals surface area contributed by atoms with Crippen LogP contribution in [0.4, 0.5) is 0 Å². The van der Waals surface area contributed by atoms with Gasteiger partial charge in [0, 0.05) is 31.1 Å². The lowest BCUT2D eigenvalue weighted by Gasteiger charge is -2.20. The van der Waals surface area contributed by atoms with E-state index in [1.165, 1.54) is 0 Å². The predicted octanol–water partition coefficient (Wildman–Crippen LogP) is 1.76. The highest BCUT2D eigenvalue weighted by molar-refractivity contribution is 7.54. The fourth-order valence-corrected chi connectivity index (χ4v) is 4.59. The minimum absolute atomic E-state index is 0.366. The Morgan fingerprint density at radius 3 is 2.07 bits per heavy atom. The first-order chi connectivity index (χ1) is 6.59. The van der Waals surface area contributed by atoms with Crippen molar-refractivity contribution in [2.24, 2.45) is 0 Å². The van der Waals surface area contributed by atoms with Gasteiger partial charge in [-0.3, -0.25) is 4.57 Å². The molecule has 4 nitrogen and oxygen atoms in total. The summed E-state index contributed by atoms with van der Waals surface area (Å²) < 4.78 is 21.8. The topological polar surface area (TPSA) is 32.3 Å². The Kier molecular flexibility index (Phi) is 2.93. The van der Waals surface area contributed by atoms with Crippen molar-refractivity contribution in [2.75, 3.05) is 25.6 Å². The van der Waals surface area contributed by atoms with Gasteiger partial charge in [0.25, 0.3) is 0 Å². The normalized spacial score (nSPS) is 44.5. The maximum atomic E-state index is 12.5. The lowest BCUT2D eigenvalue weighted by molar-refractivity contribution is 0.285. The molecule has 0 aromatic heterocycles. The summed E-state index contributed by atoms with van der Waals surface area (Å²) in [7, 11) is -2.69. The summed E-state index contributed by atoms with van der Waals surface area (Å²) in [6, 6.07) is 0.785. The highest BCUT2D eigenvalue weighted by Gasteiger charge is 2.56. The van der Waals surface area contributed by atoms with Gasteiger partial charge in [-0.1, -0.05) is 0 Å². The number of rotatable bonds is 5. The molecule has 2 saturated heterocycles.